The molecule has 0 aromatic heterocycles. The van der Waals surface area contributed by atoms with Crippen LogP contribution < -0.4 is 4.74 Å². The highest BCUT2D eigenvalue weighted by Gasteiger charge is 2.45. The maximum Gasteiger partial charge on any atom is 0.337 e. The fourth-order valence-corrected chi connectivity index (χ4v) is 3.63. The number of rotatable bonds is 6. The molecule has 3 rings (SSSR count). The zero-order chi connectivity index (χ0) is 21.0. The second-order valence-corrected chi connectivity index (χ2v) is 7.38. The van der Waals surface area contributed by atoms with Crippen LogP contribution in [0.15, 0.2) is 24.3 Å². The summed E-state index contributed by atoms with van der Waals surface area (Å²) < 4.78 is 16.2. The van der Waals surface area contributed by atoms with Gasteiger partial charge in [-0.1, -0.05) is 6.92 Å². The van der Waals surface area contributed by atoms with Crippen LogP contribution in [0.5, 0.6) is 5.75 Å². The molecule has 0 unspecified atom stereocenters. The topological polar surface area (TPSA) is 112 Å². The lowest BCUT2D eigenvalue weighted by atomic mass is 9.98. The maximum atomic E-state index is 11.5. The van der Waals surface area contributed by atoms with Crippen molar-refractivity contribution in [3.8, 4) is 5.75 Å². The Kier molecular flexibility index (Phi) is 7.44. The molecule has 29 heavy (non-hydrogen) atoms. The van der Waals surface area contributed by atoms with E-state index in [9.17, 15) is 20.1 Å². The van der Waals surface area contributed by atoms with Crippen LogP contribution in [0.1, 0.15) is 17.3 Å². The van der Waals surface area contributed by atoms with Crippen molar-refractivity contribution in [1.29, 1.82) is 0 Å². The molecule has 0 amide bonds. The van der Waals surface area contributed by atoms with Crippen LogP contribution >= 0.6 is 0 Å². The van der Waals surface area contributed by atoms with Gasteiger partial charge >= 0.3 is 5.97 Å². The molecule has 2 saturated heterocycles. The van der Waals surface area contributed by atoms with Crippen LogP contribution in [0.2, 0.25) is 0 Å². The second-order valence-electron chi connectivity index (χ2n) is 7.38. The number of benzene rings is 1. The third-order valence-electron chi connectivity index (χ3n) is 5.55. The van der Waals surface area contributed by atoms with Crippen molar-refractivity contribution in [1.82, 2.24) is 9.80 Å². The van der Waals surface area contributed by atoms with Crippen LogP contribution in [0.4, 0.5) is 0 Å². The SMILES string of the molecule is CCN1CCN(C[C@H]2O[C@H](Oc3ccc(C(=O)OC)cc3)[C@@H](O)[C@@H](O)[C@@H]2O)CC1. The molecule has 2 heterocycles. The first kappa shape index (κ1) is 21.9. The molecule has 3 N–H and O–H groups in total. The van der Waals surface area contributed by atoms with Crippen LogP contribution in [-0.2, 0) is 9.47 Å². The quantitative estimate of drug-likeness (QED) is 0.524. The predicted octanol–water partition coefficient (Wildman–Crippen LogP) is -0.703. The third kappa shape index (κ3) is 5.25. The second kappa shape index (κ2) is 9.84. The van der Waals surface area contributed by atoms with E-state index < -0.39 is 36.7 Å². The number of piperazine rings is 1. The zero-order valence-electron chi connectivity index (χ0n) is 16.8. The molecule has 0 spiro atoms. The van der Waals surface area contributed by atoms with Crippen LogP contribution in [-0.4, -0.2) is 108 Å². The van der Waals surface area contributed by atoms with Gasteiger partial charge < -0.3 is 34.4 Å². The van der Waals surface area contributed by atoms with E-state index in [1.54, 1.807) is 12.1 Å². The molecule has 0 bridgehead atoms. The summed E-state index contributed by atoms with van der Waals surface area (Å²) in [6, 6.07) is 6.18. The first-order valence-electron chi connectivity index (χ1n) is 9.92. The summed E-state index contributed by atoms with van der Waals surface area (Å²) in [7, 11) is 1.30. The smallest absolute Gasteiger partial charge is 0.337 e. The lowest BCUT2D eigenvalue weighted by Gasteiger charge is -2.43. The number of hydrogen-bond donors (Lipinski definition) is 3. The van der Waals surface area contributed by atoms with E-state index >= 15 is 0 Å². The van der Waals surface area contributed by atoms with Crippen LogP contribution in [0.25, 0.3) is 0 Å². The van der Waals surface area contributed by atoms with Crippen LogP contribution in [0, 0.1) is 0 Å². The number of methoxy groups -OCH3 is 1. The standard InChI is InChI=1S/C20H30N2O7/c1-3-21-8-10-22(11-9-21)12-15-16(23)17(24)18(25)20(29-15)28-14-6-4-13(5-7-14)19(26)27-2/h4-7,15-18,20,23-25H,3,8-12H2,1-2H3/t15-,16-,17+,18+,20+/m1/s1. The van der Waals surface area contributed by atoms with Gasteiger partial charge in [0.25, 0.3) is 0 Å². The minimum atomic E-state index is -1.40. The molecule has 0 radical (unpaired) electrons. The number of hydrogen-bond acceptors (Lipinski definition) is 9. The molecule has 2 fully saturated rings. The summed E-state index contributed by atoms with van der Waals surface area (Å²) in [5.41, 5.74) is 0.365. The van der Waals surface area contributed by atoms with Gasteiger partial charge in [-0.2, -0.15) is 0 Å². The number of carbonyl (C=O) groups excluding carboxylic acids is 1. The summed E-state index contributed by atoms with van der Waals surface area (Å²) in [5, 5.41) is 30.9. The molecule has 2 aliphatic heterocycles. The molecular weight excluding hydrogens is 380 g/mol. The Morgan fingerprint density at radius 3 is 2.24 bits per heavy atom. The van der Waals surface area contributed by atoms with Gasteiger partial charge in [0.1, 0.15) is 30.2 Å². The van der Waals surface area contributed by atoms with Crippen molar-refractivity contribution in [2.75, 3.05) is 46.4 Å². The zero-order valence-corrected chi connectivity index (χ0v) is 16.8. The van der Waals surface area contributed by atoms with Crippen molar-refractivity contribution in [2.24, 2.45) is 0 Å². The fourth-order valence-electron chi connectivity index (χ4n) is 3.63. The predicted molar refractivity (Wildman–Crippen MR) is 104 cm³/mol. The van der Waals surface area contributed by atoms with E-state index in [4.69, 9.17) is 9.47 Å². The normalized spacial score (nSPS) is 31.4. The van der Waals surface area contributed by atoms with E-state index in [-0.39, 0.29) is 0 Å². The van der Waals surface area contributed by atoms with Crippen molar-refractivity contribution in [3.05, 3.63) is 29.8 Å². The highest BCUT2D eigenvalue weighted by molar-refractivity contribution is 5.89. The van der Waals surface area contributed by atoms with Crippen molar-refractivity contribution in [2.45, 2.75) is 37.6 Å². The van der Waals surface area contributed by atoms with Gasteiger partial charge in [0.05, 0.1) is 12.7 Å². The largest absolute Gasteiger partial charge is 0.465 e. The van der Waals surface area contributed by atoms with Gasteiger partial charge in [0, 0.05) is 32.7 Å². The van der Waals surface area contributed by atoms with Crippen molar-refractivity contribution in [3.63, 3.8) is 0 Å². The van der Waals surface area contributed by atoms with Gasteiger partial charge in [-0.3, -0.25) is 4.90 Å². The Balaban J connectivity index is 1.62. The molecule has 162 valence electrons. The Morgan fingerprint density at radius 2 is 1.66 bits per heavy atom. The van der Waals surface area contributed by atoms with Gasteiger partial charge in [0.2, 0.25) is 6.29 Å². The first-order chi connectivity index (χ1) is 13.9. The van der Waals surface area contributed by atoms with Crippen LogP contribution in [0.3, 0.4) is 0 Å². The Hall–Kier alpha value is -1.75. The Labute approximate surface area is 170 Å². The average Bonchev–Trinajstić information content (AvgIpc) is 2.76. The summed E-state index contributed by atoms with van der Waals surface area (Å²) >= 11 is 0. The fraction of sp³-hybridized carbons (Fsp3) is 0.650. The molecule has 2 aliphatic rings. The molecule has 0 saturated carbocycles. The minimum absolute atomic E-state index is 0.362. The van der Waals surface area contributed by atoms with E-state index in [1.807, 2.05) is 0 Å². The first-order valence-corrected chi connectivity index (χ1v) is 9.92. The summed E-state index contributed by atoms with van der Waals surface area (Å²) in [6.45, 7) is 7.14. The van der Waals surface area contributed by atoms with E-state index in [1.165, 1.54) is 19.2 Å². The number of aliphatic hydroxyl groups excluding tert-OH is 3. The monoisotopic (exact) mass is 410 g/mol. The third-order valence-corrected chi connectivity index (χ3v) is 5.55. The molecule has 1 aromatic rings. The molecule has 9 heteroatoms. The highest BCUT2D eigenvalue weighted by Crippen LogP contribution is 2.25. The summed E-state index contributed by atoms with van der Waals surface area (Å²) in [4.78, 5) is 16.0. The molecule has 5 atom stereocenters. The molecular formula is C20H30N2O7. The number of ether oxygens (including phenoxy) is 3. The lowest BCUT2D eigenvalue weighted by molar-refractivity contribution is -0.274. The van der Waals surface area contributed by atoms with Gasteiger partial charge in [-0.05, 0) is 30.8 Å². The summed E-state index contributed by atoms with van der Waals surface area (Å²) in [5.74, 6) is -0.104. The minimum Gasteiger partial charge on any atom is -0.465 e. The van der Waals surface area contributed by atoms with E-state index in [2.05, 4.69) is 21.5 Å². The average molecular weight is 410 g/mol. The van der Waals surface area contributed by atoms with Crippen molar-refractivity contribution < 1.29 is 34.3 Å². The highest BCUT2D eigenvalue weighted by atomic mass is 16.7. The van der Waals surface area contributed by atoms with E-state index in [0.29, 0.717) is 17.9 Å². The Bertz CT molecular complexity index is 663. The van der Waals surface area contributed by atoms with Gasteiger partial charge in [-0.15, -0.1) is 0 Å². The van der Waals surface area contributed by atoms with Gasteiger partial charge in [-0.25, -0.2) is 4.79 Å². The van der Waals surface area contributed by atoms with Crippen molar-refractivity contribution >= 4 is 5.97 Å². The summed E-state index contributed by atoms with van der Waals surface area (Å²) in [6.07, 6.45) is -5.83. The molecule has 1 aromatic carbocycles. The maximum absolute atomic E-state index is 11.5. The number of esters is 1. The van der Waals surface area contributed by atoms with Gasteiger partial charge in [0.15, 0.2) is 0 Å². The number of nitrogens with zero attached hydrogens (tertiary/aromatic N) is 2. The van der Waals surface area contributed by atoms with E-state index in [0.717, 1.165) is 32.7 Å². The Morgan fingerprint density at radius 1 is 1.03 bits per heavy atom. The number of aliphatic hydroxyl groups is 3. The number of likely N-dealkylation sites (N-methyl/N-ethyl adjacent to an activating group) is 1. The molecule has 0 aliphatic carbocycles. The lowest BCUT2D eigenvalue weighted by Crippen LogP contribution is -2.62. The number of carbonyl (C=O) groups is 1. The molecule has 9 nitrogen and oxygen atoms in total.